The fourth-order valence-corrected chi connectivity index (χ4v) is 3.83. The topological polar surface area (TPSA) is 65.5 Å². The Morgan fingerprint density at radius 3 is 2.74 bits per heavy atom. The van der Waals surface area contributed by atoms with Crippen molar-refractivity contribution in [2.24, 2.45) is 0 Å². The Hall–Kier alpha value is -2.73. The smallest absolute Gasteiger partial charge is 0.254 e. The highest BCUT2D eigenvalue weighted by atomic mass is 16.2. The number of amides is 2. The molecule has 1 N–H and O–H groups in total. The van der Waals surface area contributed by atoms with Crippen molar-refractivity contribution in [3.63, 3.8) is 0 Å². The summed E-state index contributed by atoms with van der Waals surface area (Å²) < 4.78 is 0. The monoisotopic (exact) mass is 364 g/mol. The van der Waals surface area contributed by atoms with Gasteiger partial charge in [0.05, 0.1) is 6.04 Å². The van der Waals surface area contributed by atoms with Crippen LogP contribution in [0.4, 0.5) is 0 Å². The minimum atomic E-state index is -0.0122. The average Bonchev–Trinajstić information content (AvgIpc) is 3.13. The summed E-state index contributed by atoms with van der Waals surface area (Å²) in [5.41, 5.74) is 2.79. The Bertz CT molecular complexity index is 807. The predicted molar refractivity (Wildman–Crippen MR) is 102 cm³/mol. The minimum Gasteiger partial charge on any atom is -0.338 e. The summed E-state index contributed by atoms with van der Waals surface area (Å²) >= 11 is 0. The zero-order valence-corrected chi connectivity index (χ0v) is 15.3. The molecule has 4 rings (SSSR count). The van der Waals surface area contributed by atoms with Gasteiger partial charge in [0.25, 0.3) is 5.91 Å². The number of hydrogen-bond donors (Lipinski definition) is 1. The average molecular weight is 364 g/mol. The number of benzene rings is 1. The van der Waals surface area contributed by atoms with Crippen molar-refractivity contribution in [1.29, 1.82) is 0 Å². The third-order valence-electron chi connectivity index (χ3n) is 5.32. The molecule has 2 saturated heterocycles. The molecular weight excluding hydrogens is 340 g/mol. The molecule has 0 saturated carbocycles. The molecule has 2 aliphatic rings. The lowest BCUT2D eigenvalue weighted by Gasteiger charge is -2.36. The van der Waals surface area contributed by atoms with Crippen LogP contribution < -0.4 is 5.32 Å². The van der Waals surface area contributed by atoms with Crippen LogP contribution in [0.1, 0.15) is 40.4 Å². The summed E-state index contributed by atoms with van der Waals surface area (Å²) in [7, 11) is 0. The Labute approximate surface area is 159 Å². The molecule has 2 fully saturated rings. The Kier molecular flexibility index (Phi) is 5.16. The van der Waals surface area contributed by atoms with E-state index < -0.39 is 0 Å². The summed E-state index contributed by atoms with van der Waals surface area (Å²) in [4.78, 5) is 32.9. The summed E-state index contributed by atoms with van der Waals surface area (Å²) in [5, 5.41) is 3.36. The van der Waals surface area contributed by atoms with E-state index in [-0.39, 0.29) is 17.9 Å². The van der Waals surface area contributed by atoms with E-state index >= 15 is 0 Å². The van der Waals surface area contributed by atoms with Crippen LogP contribution in [0.3, 0.4) is 0 Å². The van der Waals surface area contributed by atoms with Gasteiger partial charge >= 0.3 is 0 Å². The van der Waals surface area contributed by atoms with Crippen molar-refractivity contribution in [3.8, 4) is 0 Å². The summed E-state index contributed by atoms with van der Waals surface area (Å²) in [6.45, 7) is 3.64. The molecule has 3 heterocycles. The van der Waals surface area contributed by atoms with Crippen LogP contribution in [0.2, 0.25) is 0 Å². The third-order valence-corrected chi connectivity index (χ3v) is 5.32. The van der Waals surface area contributed by atoms with Crippen molar-refractivity contribution in [1.82, 2.24) is 20.1 Å². The zero-order valence-electron chi connectivity index (χ0n) is 15.3. The Balaban J connectivity index is 1.48. The third kappa shape index (κ3) is 3.85. The SMILES string of the molecule is O=C1CCCN1Cc1ccc(C(=O)N2CCNCC2c2cccnc2)cc1. The molecule has 140 valence electrons. The zero-order chi connectivity index (χ0) is 18.6. The predicted octanol–water partition coefficient (Wildman–Crippen LogP) is 1.99. The number of piperazine rings is 1. The largest absolute Gasteiger partial charge is 0.338 e. The number of nitrogens with zero attached hydrogens (tertiary/aromatic N) is 3. The number of likely N-dealkylation sites (tertiary alicyclic amines) is 1. The molecule has 2 aliphatic heterocycles. The molecule has 1 unspecified atom stereocenters. The first-order valence-electron chi connectivity index (χ1n) is 9.51. The number of pyridine rings is 1. The van der Waals surface area contributed by atoms with E-state index in [4.69, 9.17) is 0 Å². The summed E-state index contributed by atoms with van der Waals surface area (Å²) in [6, 6.07) is 11.6. The van der Waals surface area contributed by atoms with E-state index in [0.29, 0.717) is 25.1 Å². The number of carbonyl (C=O) groups excluding carboxylic acids is 2. The maximum absolute atomic E-state index is 13.1. The molecule has 2 aromatic rings. The molecule has 1 atom stereocenters. The van der Waals surface area contributed by atoms with Gasteiger partial charge in [-0.1, -0.05) is 18.2 Å². The van der Waals surface area contributed by atoms with Gasteiger partial charge in [-0.15, -0.1) is 0 Å². The van der Waals surface area contributed by atoms with E-state index in [1.807, 2.05) is 52.4 Å². The van der Waals surface area contributed by atoms with Crippen LogP contribution in [-0.2, 0) is 11.3 Å². The molecule has 1 aromatic heterocycles. The van der Waals surface area contributed by atoms with E-state index in [1.54, 1.807) is 6.20 Å². The van der Waals surface area contributed by atoms with Gasteiger partial charge in [0.15, 0.2) is 0 Å². The molecule has 0 radical (unpaired) electrons. The highest BCUT2D eigenvalue weighted by molar-refractivity contribution is 5.94. The van der Waals surface area contributed by atoms with Crippen molar-refractivity contribution >= 4 is 11.8 Å². The minimum absolute atomic E-state index is 0.0122. The Morgan fingerprint density at radius 2 is 2.04 bits per heavy atom. The van der Waals surface area contributed by atoms with E-state index in [1.165, 1.54) is 0 Å². The lowest BCUT2D eigenvalue weighted by Crippen LogP contribution is -2.48. The number of aromatic nitrogens is 1. The maximum Gasteiger partial charge on any atom is 0.254 e. The van der Waals surface area contributed by atoms with Crippen molar-refractivity contribution < 1.29 is 9.59 Å². The number of rotatable bonds is 4. The van der Waals surface area contributed by atoms with Gasteiger partial charge in [0, 0.05) is 57.1 Å². The normalized spacial score (nSPS) is 20.1. The van der Waals surface area contributed by atoms with Crippen molar-refractivity contribution in [2.45, 2.75) is 25.4 Å². The number of carbonyl (C=O) groups is 2. The second-order valence-electron chi connectivity index (χ2n) is 7.12. The van der Waals surface area contributed by atoms with E-state index in [2.05, 4.69) is 10.3 Å². The first-order valence-corrected chi connectivity index (χ1v) is 9.51. The second-order valence-corrected chi connectivity index (χ2v) is 7.12. The highest BCUT2D eigenvalue weighted by Crippen LogP contribution is 2.24. The molecule has 0 bridgehead atoms. The van der Waals surface area contributed by atoms with Crippen molar-refractivity contribution in [3.05, 3.63) is 65.5 Å². The van der Waals surface area contributed by atoms with Gasteiger partial charge in [0.1, 0.15) is 0 Å². The quantitative estimate of drug-likeness (QED) is 0.901. The van der Waals surface area contributed by atoms with Gasteiger partial charge in [0.2, 0.25) is 5.91 Å². The number of hydrogen-bond acceptors (Lipinski definition) is 4. The van der Waals surface area contributed by atoms with Gasteiger partial charge in [-0.2, -0.15) is 0 Å². The first kappa shape index (κ1) is 17.7. The van der Waals surface area contributed by atoms with Crippen LogP contribution in [0.5, 0.6) is 0 Å². The van der Waals surface area contributed by atoms with Gasteiger partial charge in [-0.3, -0.25) is 14.6 Å². The maximum atomic E-state index is 13.1. The van der Waals surface area contributed by atoms with Gasteiger partial charge in [-0.05, 0) is 35.7 Å². The molecule has 1 aromatic carbocycles. The molecule has 0 aliphatic carbocycles. The van der Waals surface area contributed by atoms with Crippen LogP contribution in [0.25, 0.3) is 0 Å². The summed E-state index contributed by atoms with van der Waals surface area (Å²) in [6.07, 6.45) is 5.16. The van der Waals surface area contributed by atoms with Crippen LogP contribution in [0, 0.1) is 0 Å². The molecule has 0 spiro atoms. The van der Waals surface area contributed by atoms with Crippen LogP contribution >= 0.6 is 0 Å². The number of nitrogens with one attached hydrogen (secondary N) is 1. The summed E-state index contributed by atoms with van der Waals surface area (Å²) in [5.74, 6) is 0.254. The van der Waals surface area contributed by atoms with Crippen LogP contribution in [0.15, 0.2) is 48.8 Å². The highest BCUT2D eigenvalue weighted by Gasteiger charge is 2.28. The molecular formula is C21H24N4O2. The Morgan fingerprint density at radius 1 is 1.19 bits per heavy atom. The molecule has 6 nitrogen and oxygen atoms in total. The lowest BCUT2D eigenvalue weighted by atomic mass is 10.0. The second kappa shape index (κ2) is 7.88. The lowest BCUT2D eigenvalue weighted by molar-refractivity contribution is -0.128. The molecule has 6 heteroatoms. The van der Waals surface area contributed by atoms with E-state index in [9.17, 15) is 9.59 Å². The first-order chi connectivity index (χ1) is 13.2. The standard InChI is InChI=1S/C21H24N4O2/c26-20-4-2-11-24(20)15-16-5-7-17(8-6-16)21(27)25-12-10-23-14-19(25)18-3-1-9-22-13-18/h1,3,5-9,13,19,23H,2,4,10-12,14-15H2. The van der Waals surface area contributed by atoms with Crippen molar-refractivity contribution in [2.75, 3.05) is 26.2 Å². The molecule has 27 heavy (non-hydrogen) atoms. The van der Waals surface area contributed by atoms with E-state index in [0.717, 1.165) is 37.2 Å². The molecule has 2 amide bonds. The fourth-order valence-electron chi connectivity index (χ4n) is 3.83. The fraction of sp³-hybridized carbons (Fsp3) is 0.381. The van der Waals surface area contributed by atoms with Crippen LogP contribution in [-0.4, -0.2) is 52.8 Å². The van der Waals surface area contributed by atoms with Gasteiger partial charge < -0.3 is 15.1 Å². The van der Waals surface area contributed by atoms with Gasteiger partial charge in [-0.25, -0.2) is 0 Å².